The standard InChI is InChI=1S/C9H14BNO3/c11-9(6-12)5-7-1-3-8(4-2-7)10(13)14/h1-4,9,12-14H,5-6,11H2. The van der Waals surface area contributed by atoms with Gasteiger partial charge in [-0.25, -0.2) is 0 Å². The third-order valence-corrected chi connectivity index (χ3v) is 2.01. The Hall–Kier alpha value is -0.875. The molecule has 0 saturated carbocycles. The van der Waals surface area contributed by atoms with Gasteiger partial charge in [0.25, 0.3) is 0 Å². The highest BCUT2D eigenvalue weighted by Crippen LogP contribution is 2.00. The molecular formula is C9H14BNO3. The molecule has 14 heavy (non-hydrogen) atoms. The zero-order valence-electron chi connectivity index (χ0n) is 7.80. The minimum Gasteiger partial charge on any atom is -0.423 e. The van der Waals surface area contributed by atoms with Gasteiger partial charge in [-0.2, -0.15) is 0 Å². The summed E-state index contributed by atoms with van der Waals surface area (Å²) in [5.74, 6) is 0. The molecule has 0 amide bonds. The first-order chi connectivity index (χ1) is 6.63. The van der Waals surface area contributed by atoms with Crippen molar-refractivity contribution in [2.75, 3.05) is 6.61 Å². The van der Waals surface area contributed by atoms with Crippen molar-refractivity contribution in [2.45, 2.75) is 12.5 Å². The van der Waals surface area contributed by atoms with Crippen molar-refractivity contribution in [3.05, 3.63) is 29.8 Å². The second-order valence-electron chi connectivity index (χ2n) is 3.26. The van der Waals surface area contributed by atoms with Gasteiger partial charge in [0.1, 0.15) is 0 Å². The van der Waals surface area contributed by atoms with Gasteiger partial charge in [-0.1, -0.05) is 24.3 Å². The summed E-state index contributed by atoms with van der Waals surface area (Å²) in [4.78, 5) is 0. The molecular weight excluding hydrogens is 181 g/mol. The largest absolute Gasteiger partial charge is 0.488 e. The van der Waals surface area contributed by atoms with E-state index in [4.69, 9.17) is 20.9 Å². The molecule has 4 nitrogen and oxygen atoms in total. The number of hydrogen-bond acceptors (Lipinski definition) is 4. The third-order valence-electron chi connectivity index (χ3n) is 2.01. The fraction of sp³-hybridized carbons (Fsp3) is 0.333. The molecule has 0 aliphatic rings. The molecule has 5 heteroatoms. The van der Waals surface area contributed by atoms with Crippen molar-refractivity contribution >= 4 is 12.6 Å². The fourth-order valence-electron chi connectivity index (χ4n) is 1.19. The van der Waals surface area contributed by atoms with E-state index in [2.05, 4.69) is 0 Å². The van der Waals surface area contributed by atoms with Crippen LogP contribution in [0.3, 0.4) is 0 Å². The minimum absolute atomic E-state index is 0.0512. The second kappa shape index (κ2) is 5.12. The van der Waals surface area contributed by atoms with Crippen molar-refractivity contribution in [1.29, 1.82) is 0 Å². The van der Waals surface area contributed by atoms with Crippen LogP contribution in [0.1, 0.15) is 5.56 Å². The lowest BCUT2D eigenvalue weighted by molar-refractivity contribution is 0.265. The van der Waals surface area contributed by atoms with Crippen LogP contribution in [0.25, 0.3) is 0 Å². The second-order valence-corrected chi connectivity index (χ2v) is 3.26. The lowest BCUT2D eigenvalue weighted by atomic mass is 9.80. The number of hydrogen-bond donors (Lipinski definition) is 4. The number of nitrogens with two attached hydrogens (primary N) is 1. The van der Waals surface area contributed by atoms with Gasteiger partial charge >= 0.3 is 7.12 Å². The summed E-state index contributed by atoms with van der Waals surface area (Å²) >= 11 is 0. The normalized spacial score (nSPS) is 12.6. The van der Waals surface area contributed by atoms with E-state index in [1.165, 1.54) is 0 Å². The quantitative estimate of drug-likeness (QED) is 0.428. The Balaban J connectivity index is 2.64. The maximum Gasteiger partial charge on any atom is 0.488 e. The van der Waals surface area contributed by atoms with E-state index >= 15 is 0 Å². The molecule has 1 atom stereocenters. The van der Waals surface area contributed by atoms with E-state index in [9.17, 15) is 0 Å². The topological polar surface area (TPSA) is 86.7 Å². The molecule has 0 heterocycles. The van der Waals surface area contributed by atoms with Gasteiger partial charge in [-0.3, -0.25) is 0 Å². The van der Waals surface area contributed by atoms with Gasteiger partial charge < -0.3 is 20.9 Å². The van der Waals surface area contributed by atoms with Crippen LogP contribution in [0.4, 0.5) is 0 Å². The first-order valence-corrected chi connectivity index (χ1v) is 4.45. The van der Waals surface area contributed by atoms with E-state index in [-0.39, 0.29) is 12.6 Å². The van der Waals surface area contributed by atoms with E-state index in [1.807, 2.05) is 0 Å². The Morgan fingerprint density at radius 3 is 2.21 bits per heavy atom. The summed E-state index contributed by atoms with van der Waals surface area (Å²) in [6.07, 6.45) is 0.582. The monoisotopic (exact) mass is 195 g/mol. The zero-order chi connectivity index (χ0) is 10.6. The smallest absolute Gasteiger partial charge is 0.423 e. The van der Waals surface area contributed by atoms with Crippen LogP contribution in [0.5, 0.6) is 0 Å². The summed E-state index contributed by atoms with van der Waals surface area (Å²) in [5.41, 5.74) is 6.97. The van der Waals surface area contributed by atoms with Crippen LogP contribution >= 0.6 is 0 Å². The molecule has 1 aromatic rings. The predicted molar refractivity (Wildman–Crippen MR) is 55.0 cm³/mol. The molecule has 0 saturated heterocycles. The van der Waals surface area contributed by atoms with Gasteiger partial charge in [0.2, 0.25) is 0 Å². The molecule has 5 N–H and O–H groups in total. The Labute approximate surface area is 83.1 Å². The minimum atomic E-state index is -1.43. The molecule has 0 radical (unpaired) electrons. The predicted octanol–water partition coefficient (Wildman–Crippen LogP) is -1.77. The van der Waals surface area contributed by atoms with Gasteiger partial charge in [0.15, 0.2) is 0 Å². The van der Waals surface area contributed by atoms with Crippen LogP contribution in [0.15, 0.2) is 24.3 Å². The first-order valence-electron chi connectivity index (χ1n) is 4.45. The number of rotatable bonds is 4. The molecule has 76 valence electrons. The molecule has 0 aliphatic heterocycles. The van der Waals surface area contributed by atoms with Gasteiger partial charge in [-0.15, -0.1) is 0 Å². The van der Waals surface area contributed by atoms with E-state index in [0.717, 1.165) is 5.56 Å². The highest BCUT2D eigenvalue weighted by atomic mass is 16.4. The molecule has 0 spiro atoms. The van der Waals surface area contributed by atoms with Crippen molar-refractivity contribution < 1.29 is 15.2 Å². The highest BCUT2D eigenvalue weighted by Gasteiger charge is 2.10. The van der Waals surface area contributed by atoms with Crippen molar-refractivity contribution in [2.24, 2.45) is 5.73 Å². The van der Waals surface area contributed by atoms with Gasteiger partial charge in [-0.05, 0) is 17.4 Å². The summed E-state index contributed by atoms with van der Waals surface area (Å²) < 4.78 is 0. The Morgan fingerprint density at radius 2 is 1.79 bits per heavy atom. The van der Waals surface area contributed by atoms with Crippen LogP contribution in [0, 0.1) is 0 Å². The Bertz CT molecular complexity index is 276. The molecule has 0 bridgehead atoms. The van der Waals surface area contributed by atoms with E-state index in [1.54, 1.807) is 24.3 Å². The summed E-state index contributed by atoms with van der Waals surface area (Å²) in [6, 6.07) is 6.53. The molecule has 0 aromatic heterocycles. The third kappa shape index (κ3) is 3.12. The van der Waals surface area contributed by atoms with E-state index < -0.39 is 7.12 Å². The van der Waals surface area contributed by atoms with Crippen LogP contribution < -0.4 is 11.2 Å². The number of aliphatic hydroxyl groups is 1. The van der Waals surface area contributed by atoms with Crippen molar-refractivity contribution in [3.8, 4) is 0 Å². The summed E-state index contributed by atoms with van der Waals surface area (Å²) in [7, 11) is -1.43. The average Bonchev–Trinajstić information content (AvgIpc) is 2.18. The maximum absolute atomic E-state index is 8.83. The molecule has 1 unspecified atom stereocenters. The van der Waals surface area contributed by atoms with Gasteiger partial charge in [0.05, 0.1) is 6.61 Å². The molecule has 1 rings (SSSR count). The number of benzene rings is 1. The summed E-state index contributed by atoms with van der Waals surface area (Å²) in [6.45, 7) is -0.0512. The lowest BCUT2D eigenvalue weighted by Crippen LogP contribution is -2.30. The Morgan fingerprint density at radius 1 is 1.21 bits per heavy atom. The first kappa shape index (κ1) is 11.2. The Kier molecular flexibility index (Phi) is 4.09. The average molecular weight is 195 g/mol. The van der Waals surface area contributed by atoms with Crippen LogP contribution in [0.2, 0.25) is 0 Å². The lowest BCUT2D eigenvalue weighted by Gasteiger charge is -2.08. The highest BCUT2D eigenvalue weighted by molar-refractivity contribution is 6.58. The molecule has 0 fully saturated rings. The SMILES string of the molecule is NC(CO)Cc1ccc(B(O)O)cc1. The molecule has 1 aromatic carbocycles. The van der Waals surface area contributed by atoms with E-state index in [0.29, 0.717) is 11.9 Å². The van der Waals surface area contributed by atoms with Crippen molar-refractivity contribution in [1.82, 2.24) is 0 Å². The van der Waals surface area contributed by atoms with Crippen LogP contribution in [-0.2, 0) is 6.42 Å². The van der Waals surface area contributed by atoms with Crippen molar-refractivity contribution in [3.63, 3.8) is 0 Å². The summed E-state index contributed by atoms with van der Waals surface area (Å²) in [5, 5.41) is 26.4. The van der Waals surface area contributed by atoms with Crippen LogP contribution in [-0.4, -0.2) is 34.9 Å². The molecule has 0 aliphatic carbocycles. The zero-order valence-corrected chi connectivity index (χ0v) is 7.80. The van der Waals surface area contributed by atoms with Gasteiger partial charge in [0, 0.05) is 6.04 Å². The number of aliphatic hydroxyl groups excluding tert-OH is 1. The maximum atomic E-state index is 8.83. The fourth-order valence-corrected chi connectivity index (χ4v) is 1.19.